The number of amides is 1. The number of carbonyl (C=O) groups excluding carboxylic acids is 1. The first-order valence-electron chi connectivity index (χ1n) is 12.3. The molecule has 4 aliphatic rings. The summed E-state index contributed by atoms with van der Waals surface area (Å²) in [5.41, 5.74) is 7.70. The lowest BCUT2D eigenvalue weighted by molar-refractivity contribution is -0.140. The Morgan fingerprint density at radius 3 is 2.82 bits per heavy atom. The number of guanidine groups is 1. The molecule has 0 aromatic heterocycles. The molecule has 1 unspecified atom stereocenters. The van der Waals surface area contributed by atoms with E-state index in [0.29, 0.717) is 29.9 Å². The fourth-order valence-electron chi connectivity index (χ4n) is 6.98. The van der Waals surface area contributed by atoms with Gasteiger partial charge < -0.3 is 15.2 Å². The lowest BCUT2D eigenvalue weighted by Crippen LogP contribution is -2.54. The van der Waals surface area contributed by atoms with E-state index < -0.39 is 5.54 Å². The van der Waals surface area contributed by atoms with Crippen LogP contribution in [0.5, 0.6) is 0 Å². The van der Waals surface area contributed by atoms with Crippen LogP contribution in [0.3, 0.4) is 0 Å². The van der Waals surface area contributed by atoms with E-state index in [1.807, 2.05) is 18.2 Å². The number of nitrogens with zero attached hydrogens (tertiary/aromatic N) is 3. The van der Waals surface area contributed by atoms with E-state index in [1.165, 1.54) is 0 Å². The second kappa shape index (κ2) is 8.41. The van der Waals surface area contributed by atoms with Gasteiger partial charge in [-0.05, 0) is 73.6 Å². The average molecular weight is 451 g/mol. The largest absolute Gasteiger partial charge is 0.381 e. The van der Waals surface area contributed by atoms with Crippen molar-refractivity contribution < 1.29 is 14.3 Å². The van der Waals surface area contributed by atoms with Gasteiger partial charge in [0.25, 0.3) is 5.91 Å². The van der Waals surface area contributed by atoms with Gasteiger partial charge in [0.2, 0.25) is 0 Å². The highest BCUT2D eigenvalue weighted by atomic mass is 16.5. The van der Waals surface area contributed by atoms with Crippen LogP contribution in [-0.2, 0) is 26.2 Å². The molecule has 7 nitrogen and oxygen atoms in total. The van der Waals surface area contributed by atoms with Crippen molar-refractivity contribution in [2.45, 2.75) is 63.5 Å². The van der Waals surface area contributed by atoms with Gasteiger partial charge in [0, 0.05) is 32.3 Å². The predicted octanol–water partition coefficient (Wildman–Crippen LogP) is 3.10. The molecular formula is C26H34N4O3. The first-order chi connectivity index (χ1) is 16.0. The monoisotopic (exact) mass is 450 g/mol. The second-order valence-corrected chi connectivity index (χ2v) is 10.3. The van der Waals surface area contributed by atoms with Crippen LogP contribution in [0.25, 0.3) is 0 Å². The number of nitriles is 1. The molecule has 176 valence electrons. The summed E-state index contributed by atoms with van der Waals surface area (Å²) in [6, 6.07) is 8.02. The molecule has 1 saturated heterocycles. The Kier molecular flexibility index (Phi) is 5.70. The average Bonchev–Trinajstić information content (AvgIpc) is 3.25. The molecule has 0 radical (unpaired) electrons. The van der Waals surface area contributed by atoms with Crippen LogP contribution >= 0.6 is 0 Å². The number of fused-ring (bicyclic) bond motifs is 3. The molecule has 1 aromatic carbocycles. The van der Waals surface area contributed by atoms with E-state index in [1.54, 1.807) is 12.0 Å². The number of aliphatic imine (C=N–C) groups is 1. The van der Waals surface area contributed by atoms with Gasteiger partial charge in [0.1, 0.15) is 0 Å². The Hall–Kier alpha value is -2.43. The molecular weight excluding hydrogens is 416 g/mol. The molecule has 1 saturated carbocycles. The summed E-state index contributed by atoms with van der Waals surface area (Å²) < 4.78 is 11.3. The maximum atomic E-state index is 14.4. The normalized spacial score (nSPS) is 34.0. The molecule has 4 atom stereocenters. The smallest absolute Gasteiger partial charge is 0.262 e. The molecule has 2 fully saturated rings. The maximum absolute atomic E-state index is 14.4. The quantitative estimate of drug-likeness (QED) is 0.760. The van der Waals surface area contributed by atoms with Crippen molar-refractivity contribution in [1.82, 2.24) is 4.90 Å². The Labute approximate surface area is 195 Å². The molecule has 2 aliphatic heterocycles. The first-order valence-corrected chi connectivity index (χ1v) is 12.3. The minimum absolute atomic E-state index is 0.00829. The lowest BCUT2D eigenvalue weighted by atomic mass is 9.58. The van der Waals surface area contributed by atoms with Crippen LogP contribution in [0.15, 0.2) is 23.2 Å². The number of nitrogens with two attached hydrogens (primary N) is 1. The summed E-state index contributed by atoms with van der Waals surface area (Å²) in [5.74, 6) is 1.04. The van der Waals surface area contributed by atoms with Crippen LogP contribution < -0.4 is 5.73 Å². The van der Waals surface area contributed by atoms with Crippen molar-refractivity contribution in [2.24, 2.45) is 28.0 Å². The number of rotatable bonds is 4. The fraction of sp³-hybridized carbons (Fsp3) is 0.654. The van der Waals surface area contributed by atoms with Crippen molar-refractivity contribution >= 4 is 11.9 Å². The molecule has 33 heavy (non-hydrogen) atoms. The van der Waals surface area contributed by atoms with Gasteiger partial charge in [-0.25, -0.2) is 4.99 Å². The van der Waals surface area contributed by atoms with E-state index in [0.717, 1.165) is 69.3 Å². The Morgan fingerprint density at radius 1 is 1.33 bits per heavy atom. The Morgan fingerprint density at radius 2 is 2.12 bits per heavy atom. The van der Waals surface area contributed by atoms with Crippen molar-refractivity contribution in [1.29, 1.82) is 5.26 Å². The number of ether oxygens (including phenoxy) is 2. The molecule has 7 heteroatoms. The van der Waals surface area contributed by atoms with E-state index >= 15 is 0 Å². The van der Waals surface area contributed by atoms with Gasteiger partial charge in [0.15, 0.2) is 11.5 Å². The highest BCUT2D eigenvalue weighted by Gasteiger charge is 2.67. The SMILES string of the molecule is CC[C@@H]1C[C@]2(CC[C@H]1OC)Cc1ccc(C#N)cc1C21N=C(N)N(CC2CCOCC2)C1=O. The predicted molar refractivity (Wildman–Crippen MR) is 124 cm³/mol. The number of benzene rings is 1. The van der Waals surface area contributed by atoms with E-state index in [4.69, 9.17) is 20.2 Å². The highest BCUT2D eigenvalue weighted by Crippen LogP contribution is 2.63. The molecule has 2 heterocycles. The molecule has 2 aliphatic carbocycles. The van der Waals surface area contributed by atoms with Crippen LogP contribution in [0.2, 0.25) is 0 Å². The number of hydrogen-bond donors (Lipinski definition) is 1. The summed E-state index contributed by atoms with van der Waals surface area (Å²) >= 11 is 0. The van der Waals surface area contributed by atoms with Gasteiger partial charge in [-0.15, -0.1) is 0 Å². The summed E-state index contributed by atoms with van der Waals surface area (Å²) in [7, 11) is 1.79. The van der Waals surface area contributed by atoms with E-state index in [-0.39, 0.29) is 17.4 Å². The van der Waals surface area contributed by atoms with Gasteiger partial charge in [-0.1, -0.05) is 19.4 Å². The van der Waals surface area contributed by atoms with E-state index in [2.05, 4.69) is 13.0 Å². The minimum atomic E-state index is -1.05. The van der Waals surface area contributed by atoms with Gasteiger partial charge >= 0.3 is 0 Å². The van der Waals surface area contributed by atoms with Gasteiger partial charge in [0.05, 0.1) is 17.7 Å². The fourth-order valence-corrected chi connectivity index (χ4v) is 6.98. The standard InChI is InChI=1S/C26H34N4O3/c1-3-19-13-25(9-6-22(19)32-2)14-20-5-4-18(15-27)12-21(20)26(25)23(31)30(24(28)29-26)16-17-7-10-33-11-8-17/h4-5,12,17,19,22H,3,6-11,13-14,16H2,1-2H3,(H2,28,29)/t19-,22-,25-,26?/m1/s1. The van der Waals surface area contributed by atoms with Crippen molar-refractivity contribution in [2.75, 3.05) is 26.9 Å². The van der Waals surface area contributed by atoms with Crippen LogP contribution in [0.4, 0.5) is 0 Å². The number of carbonyl (C=O) groups is 1. The third kappa shape index (κ3) is 3.30. The van der Waals surface area contributed by atoms with Crippen LogP contribution in [-0.4, -0.2) is 49.7 Å². The molecule has 0 bridgehead atoms. The zero-order valence-electron chi connectivity index (χ0n) is 19.7. The molecule has 5 rings (SSSR count). The second-order valence-electron chi connectivity index (χ2n) is 10.3. The Balaban J connectivity index is 1.59. The van der Waals surface area contributed by atoms with Crippen molar-refractivity contribution in [3.63, 3.8) is 0 Å². The van der Waals surface area contributed by atoms with Gasteiger partial charge in [-0.3, -0.25) is 9.69 Å². The number of hydrogen-bond acceptors (Lipinski definition) is 6. The third-order valence-electron chi connectivity index (χ3n) is 8.73. The third-order valence-corrected chi connectivity index (χ3v) is 8.73. The van der Waals surface area contributed by atoms with Crippen molar-refractivity contribution in [3.8, 4) is 6.07 Å². The van der Waals surface area contributed by atoms with Gasteiger partial charge in [-0.2, -0.15) is 5.26 Å². The molecule has 2 spiro atoms. The lowest BCUT2D eigenvalue weighted by Gasteiger charge is -2.48. The summed E-state index contributed by atoms with van der Waals surface area (Å²) in [6.45, 7) is 4.23. The summed E-state index contributed by atoms with van der Waals surface area (Å²) in [5, 5.41) is 9.60. The molecule has 1 aromatic rings. The van der Waals surface area contributed by atoms with Crippen LogP contribution in [0.1, 0.15) is 62.1 Å². The maximum Gasteiger partial charge on any atom is 0.262 e. The summed E-state index contributed by atoms with van der Waals surface area (Å²) in [4.78, 5) is 21.2. The summed E-state index contributed by atoms with van der Waals surface area (Å²) in [6.07, 6.45) is 6.46. The first kappa shape index (κ1) is 22.4. The zero-order valence-corrected chi connectivity index (χ0v) is 19.7. The Bertz CT molecular complexity index is 1010. The molecule has 1 amide bonds. The number of methoxy groups -OCH3 is 1. The van der Waals surface area contributed by atoms with Crippen LogP contribution in [0, 0.1) is 28.6 Å². The highest BCUT2D eigenvalue weighted by molar-refractivity contribution is 6.08. The minimum Gasteiger partial charge on any atom is -0.381 e. The topological polar surface area (TPSA) is 101 Å². The molecule has 2 N–H and O–H groups in total. The van der Waals surface area contributed by atoms with E-state index in [9.17, 15) is 10.1 Å². The zero-order chi connectivity index (χ0) is 23.2. The van der Waals surface area contributed by atoms with Crippen molar-refractivity contribution in [3.05, 3.63) is 34.9 Å².